The van der Waals surface area contributed by atoms with E-state index in [0.717, 1.165) is 16.9 Å². The lowest BCUT2D eigenvalue weighted by Crippen LogP contribution is -2.12. The van der Waals surface area contributed by atoms with Gasteiger partial charge in [-0.05, 0) is 74.6 Å². The second-order valence-electron chi connectivity index (χ2n) is 7.70. The average molecular weight is 409 g/mol. The Labute approximate surface area is 176 Å². The normalized spacial score (nSPS) is 17.4. The summed E-state index contributed by atoms with van der Waals surface area (Å²) < 4.78 is 5.48. The van der Waals surface area contributed by atoms with E-state index in [1.807, 2.05) is 43.3 Å². The molecule has 0 unspecified atom stereocenters. The molecular formula is C23H25ClN4O. The van der Waals surface area contributed by atoms with E-state index in [-0.39, 0.29) is 5.91 Å². The minimum absolute atomic E-state index is 0.0629. The Hall–Kier alpha value is -2.66. The Balaban J connectivity index is 1.42. The molecular weight excluding hydrogens is 384 g/mol. The first kappa shape index (κ1) is 19.6. The maximum absolute atomic E-state index is 12.3. The minimum atomic E-state index is -0.0629. The number of allylic oxidation sites excluding steroid dienone is 3. The van der Waals surface area contributed by atoms with Gasteiger partial charge in [0.05, 0.1) is 17.8 Å². The lowest BCUT2D eigenvalue weighted by molar-refractivity contribution is -0.115. The van der Waals surface area contributed by atoms with Crippen LogP contribution in [0.4, 0.5) is 5.69 Å². The number of carbonyl (C=O) groups is 1. The average Bonchev–Trinajstić information content (AvgIpc) is 3.66. The molecule has 5 nitrogen and oxygen atoms in total. The van der Waals surface area contributed by atoms with Crippen LogP contribution in [0.1, 0.15) is 62.3 Å². The first-order valence-corrected chi connectivity index (χ1v) is 10.5. The fraction of sp³-hybridized carbons (Fsp3) is 0.348. The number of amides is 1. The summed E-state index contributed by atoms with van der Waals surface area (Å²) in [5.41, 5.74) is 5.29. The van der Waals surface area contributed by atoms with Crippen molar-refractivity contribution in [3.63, 3.8) is 0 Å². The number of halogens is 1. The number of nitrogens with one attached hydrogen (secondary N) is 1. The molecule has 0 aliphatic heterocycles. The van der Waals surface area contributed by atoms with Gasteiger partial charge in [-0.15, -0.1) is 0 Å². The molecule has 150 valence electrons. The van der Waals surface area contributed by atoms with Crippen LogP contribution in [0.5, 0.6) is 0 Å². The van der Waals surface area contributed by atoms with E-state index < -0.39 is 0 Å². The number of carbonyl (C=O) groups excluding carboxylic acids is 1. The van der Waals surface area contributed by atoms with Gasteiger partial charge in [0.15, 0.2) is 0 Å². The van der Waals surface area contributed by atoms with Crippen molar-refractivity contribution >= 4 is 29.6 Å². The summed E-state index contributed by atoms with van der Waals surface area (Å²) in [5.74, 6) is 1.23. The molecule has 0 bridgehead atoms. The second-order valence-corrected chi connectivity index (χ2v) is 7.89. The number of rotatable bonds is 8. The van der Waals surface area contributed by atoms with E-state index in [2.05, 4.69) is 20.6 Å². The monoisotopic (exact) mass is 408 g/mol. The molecule has 1 aromatic heterocycles. The lowest BCUT2D eigenvalue weighted by Gasteiger charge is -2.09. The molecule has 1 N–H and O–H groups in total. The van der Waals surface area contributed by atoms with E-state index in [0.29, 0.717) is 18.3 Å². The van der Waals surface area contributed by atoms with Crippen LogP contribution in [0.2, 0.25) is 0 Å². The van der Waals surface area contributed by atoms with Crippen molar-refractivity contribution in [2.24, 2.45) is 4.51 Å². The van der Waals surface area contributed by atoms with Gasteiger partial charge in [-0.3, -0.25) is 4.79 Å². The Morgan fingerprint density at radius 2 is 1.97 bits per heavy atom. The number of hydrogen-bond donors (Lipinski definition) is 1. The quantitative estimate of drug-likeness (QED) is 0.451. The molecule has 1 amide bonds. The topological polar surface area (TPSA) is 59.3 Å². The summed E-state index contributed by atoms with van der Waals surface area (Å²) in [4.78, 5) is 12.3. The highest BCUT2D eigenvalue weighted by molar-refractivity contribution is 6.18. The largest absolute Gasteiger partial charge is 0.326 e. The van der Waals surface area contributed by atoms with Crippen molar-refractivity contribution in [3.05, 3.63) is 65.5 Å². The zero-order chi connectivity index (χ0) is 20.2. The highest BCUT2D eigenvalue weighted by Gasteiger charge is 2.32. The van der Waals surface area contributed by atoms with Crippen LogP contribution in [0, 0.1) is 0 Å². The summed E-state index contributed by atoms with van der Waals surface area (Å²) >= 11 is 5.26. The number of anilines is 1. The first-order chi connectivity index (χ1) is 14.2. The first-order valence-electron chi connectivity index (χ1n) is 10.1. The van der Waals surface area contributed by atoms with Crippen LogP contribution < -0.4 is 5.32 Å². The SMILES string of the molecule is C/C=C(\C=C/C=NCl)CC(=O)Nc1ccc(-n2nc(C3CC3)cc2C2CC2)cc1. The van der Waals surface area contributed by atoms with Gasteiger partial charge < -0.3 is 5.32 Å². The van der Waals surface area contributed by atoms with Crippen LogP contribution in [-0.2, 0) is 4.79 Å². The summed E-state index contributed by atoms with van der Waals surface area (Å²) in [5, 5.41) is 7.83. The summed E-state index contributed by atoms with van der Waals surface area (Å²) in [6, 6.07) is 10.2. The summed E-state index contributed by atoms with van der Waals surface area (Å²) in [6.07, 6.45) is 12.2. The molecule has 29 heavy (non-hydrogen) atoms. The molecule has 2 fully saturated rings. The molecule has 0 saturated heterocycles. The zero-order valence-corrected chi connectivity index (χ0v) is 17.3. The van der Waals surface area contributed by atoms with Gasteiger partial charge in [-0.1, -0.05) is 12.2 Å². The number of hydrogen-bond acceptors (Lipinski definition) is 3. The fourth-order valence-electron chi connectivity index (χ4n) is 3.40. The highest BCUT2D eigenvalue weighted by atomic mass is 35.5. The van der Waals surface area contributed by atoms with Crippen molar-refractivity contribution in [1.82, 2.24) is 9.78 Å². The fourth-order valence-corrected chi connectivity index (χ4v) is 3.47. The van der Waals surface area contributed by atoms with E-state index >= 15 is 0 Å². The Morgan fingerprint density at radius 1 is 1.24 bits per heavy atom. The Kier molecular flexibility index (Phi) is 5.95. The predicted octanol–water partition coefficient (Wildman–Crippen LogP) is 5.68. The van der Waals surface area contributed by atoms with E-state index in [1.54, 1.807) is 6.08 Å². The van der Waals surface area contributed by atoms with Crippen molar-refractivity contribution in [2.75, 3.05) is 5.32 Å². The van der Waals surface area contributed by atoms with Gasteiger partial charge in [0.2, 0.25) is 5.91 Å². The van der Waals surface area contributed by atoms with Gasteiger partial charge in [0.1, 0.15) is 0 Å². The molecule has 2 aliphatic carbocycles. The summed E-state index contributed by atoms with van der Waals surface area (Å²) in [7, 11) is 0. The van der Waals surface area contributed by atoms with Gasteiger partial charge in [-0.25, -0.2) is 4.68 Å². The number of nitrogens with zero attached hydrogens (tertiary/aromatic N) is 3. The predicted molar refractivity (Wildman–Crippen MR) is 118 cm³/mol. The lowest BCUT2D eigenvalue weighted by atomic mass is 10.1. The smallest absolute Gasteiger partial charge is 0.228 e. The van der Waals surface area contributed by atoms with E-state index in [1.165, 1.54) is 43.3 Å². The van der Waals surface area contributed by atoms with Crippen LogP contribution in [-0.4, -0.2) is 21.9 Å². The number of aromatic nitrogens is 2. The van der Waals surface area contributed by atoms with Crippen molar-refractivity contribution in [3.8, 4) is 5.69 Å². The van der Waals surface area contributed by atoms with Gasteiger partial charge in [0, 0.05) is 41.2 Å². The van der Waals surface area contributed by atoms with Gasteiger partial charge in [0.25, 0.3) is 0 Å². The van der Waals surface area contributed by atoms with Crippen molar-refractivity contribution < 1.29 is 4.79 Å². The number of benzene rings is 1. The summed E-state index contributed by atoms with van der Waals surface area (Å²) in [6.45, 7) is 1.90. The second kappa shape index (κ2) is 8.78. The molecule has 0 spiro atoms. The molecule has 0 atom stereocenters. The van der Waals surface area contributed by atoms with Crippen LogP contribution >= 0.6 is 11.8 Å². The highest BCUT2D eigenvalue weighted by Crippen LogP contribution is 2.45. The molecule has 4 rings (SSSR count). The third-order valence-electron chi connectivity index (χ3n) is 5.33. The molecule has 1 heterocycles. The third-order valence-corrected chi connectivity index (χ3v) is 5.44. The Morgan fingerprint density at radius 3 is 2.59 bits per heavy atom. The van der Waals surface area contributed by atoms with E-state index in [4.69, 9.17) is 16.9 Å². The molecule has 2 saturated carbocycles. The van der Waals surface area contributed by atoms with Crippen LogP contribution in [0.25, 0.3) is 5.69 Å². The maximum atomic E-state index is 12.3. The minimum Gasteiger partial charge on any atom is -0.326 e. The standard InChI is InChI=1S/C23H25ClN4O/c1-2-16(4-3-13-25-24)14-23(29)26-19-9-11-20(12-10-19)28-22(18-7-8-18)15-21(27-28)17-5-6-17/h2-4,9-13,15,17-18H,5-8,14H2,1H3,(H,26,29)/b4-3-,16-2+,25-13?. The van der Waals surface area contributed by atoms with Crippen molar-refractivity contribution in [2.45, 2.75) is 50.9 Å². The molecule has 0 radical (unpaired) electrons. The molecule has 2 aliphatic rings. The van der Waals surface area contributed by atoms with Crippen LogP contribution in [0.15, 0.2) is 58.6 Å². The van der Waals surface area contributed by atoms with Gasteiger partial charge in [-0.2, -0.15) is 9.61 Å². The van der Waals surface area contributed by atoms with Crippen molar-refractivity contribution in [1.29, 1.82) is 0 Å². The molecule has 6 heteroatoms. The van der Waals surface area contributed by atoms with Crippen LogP contribution in [0.3, 0.4) is 0 Å². The van der Waals surface area contributed by atoms with Gasteiger partial charge >= 0.3 is 0 Å². The zero-order valence-electron chi connectivity index (χ0n) is 16.5. The van der Waals surface area contributed by atoms with E-state index in [9.17, 15) is 4.79 Å². The third kappa shape index (κ3) is 5.04. The molecule has 1 aromatic carbocycles. The molecule has 2 aromatic rings. The maximum Gasteiger partial charge on any atom is 0.228 e. The Bertz CT molecular complexity index is 963.